The molecule has 2 aromatic rings. The first-order valence-corrected chi connectivity index (χ1v) is 27.9. The molecule has 76 heavy (non-hydrogen) atoms. The van der Waals surface area contributed by atoms with Gasteiger partial charge in [-0.1, -0.05) is 143 Å². The summed E-state index contributed by atoms with van der Waals surface area (Å²) >= 11 is 0. The van der Waals surface area contributed by atoms with Gasteiger partial charge in [-0.2, -0.15) is 0 Å². The topological polar surface area (TPSA) is 244 Å². The Morgan fingerprint density at radius 2 is 0.855 bits per heavy atom. The van der Waals surface area contributed by atoms with Crippen molar-refractivity contribution in [2.45, 2.75) is 194 Å². The van der Waals surface area contributed by atoms with Crippen LogP contribution in [0, 0.1) is 29.6 Å². The van der Waals surface area contributed by atoms with E-state index in [1.54, 1.807) is 20.8 Å². The molecule has 7 N–H and O–H groups in total. The molecule has 0 bridgehead atoms. The van der Waals surface area contributed by atoms with Crippen LogP contribution >= 0.6 is 0 Å². The molecule has 3 heterocycles. The van der Waals surface area contributed by atoms with E-state index in [0.29, 0.717) is 44.9 Å². The fourth-order valence-corrected chi connectivity index (χ4v) is 10.4. The molecule has 9 amide bonds. The van der Waals surface area contributed by atoms with Crippen LogP contribution in [0.2, 0.25) is 0 Å². The number of carbonyl (C=O) groups excluding carboxylic acids is 9. The summed E-state index contributed by atoms with van der Waals surface area (Å²) in [5.74, 6) is -6.68. The minimum absolute atomic E-state index is 0.0308. The van der Waals surface area contributed by atoms with E-state index in [9.17, 15) is 43.2 Å². The lowest BCUT2D eigenvalue weighted by molar-refractivity contribution is -0.148. The van der Waals surface area contributed by atoms with Crippen molar-refractivity contribution in [3.05, 3.63) is 71.8 Å². The number of hydrogen-bond donors (Lipinski definition) is 7. The molecule has 3 aliphatic rings. The molecule has 3 aliphatic heterocycles. The lowest BCUT2D eigenvalue weighted by Gasteiger charge is -2.35. The van der Waals surface area contributed by atoms with Gasteiger partial charge in [0, 0.05) is 19.5 Å². The van der Waals surface area contributed by atoms with E-state index in [1.807, 2.05) is 109 Å². The minimum atomic E-state index is -1.23. The molecule has 3 fully saturated rings. The molecule has 3 saturated heterocycles. The molecular weight excluding hydrogens is 967 g/mol. The van der Waals surface area contributed by atoms with E-state index >= 15 is 0 Å². The molecule has 2 aromatic carbocycles. The van der Waals surface area contributed by atoms with E-state index in [-0.39, 0.29) is 50.6 Å². The fourth-order valence-electron chi connectivity index (χ4n) is 10.4. The number of benzene rings is 2. The van der Waals surface area contributed by atoms with Crippen LogP contribution in [0.5, 0.6) is 0 Å². The number of nitrogens with zero attached hydrogens (tertiary/aromatic N) is 2. The molecule has 418 valence electrons. The lowest BCUT2D eigenvalue weighted by atomic mass is 9.93. The van der Waals surface area contributed by atoms with E-state index in [1.165, 1.54) is 9.80 Å². The first kappa shape index (κ1) is 60.5. The van der Waals surface area contributed by atoms with Crippen molar-refractivity contribution in [3.63, 3.8) is 0 Å². The Labute approximate surface area is 450 Å². The van der Waals surface area contributed by atoms with Crippen LogP contribution in [0.4, 0.5) is 0 Å². The van der Waals surface area contributed by atoms with Crippen LogP contribution in [-0.2, 0) is 56.0 Å². The van der Waals surface area contributed by atoms with Gasteiger partial charge in [0.2, 0.25) is 53.2 Å². The van der Waals surface area contributed by atoms with Crippen molar-refractivity contribution in [3.8, 4) is 0 Å². The molecule has 0 saturated carbocycles. The Kier molecular flexibility index (Phi) is 22.9. The fraction of sp³-hybridized carbons (Fsp3) is 0.638. The third kappa shape index (κ3) is 16.6. The molecule has 0 aliphatic carbocycles. The third-order valence-electron chi connectivity index (χ3n) is 15.3. The lowest BCUT2D eigenvalue weighted by Crippen LogP contribution is -2.62. The van der Waals surface area contributed by atoms with Gasteiger partial charge in [-0.15, -0.1) is 0 Å². The average Bonchev–Trinajstić information content (AvgIpc) is 4.10. The van der Waals surface area contributed by atoms with Gasteiger partial charge >= 0.3 is 0 Å². The molecular formula is C58H87N9O9. The predicted octanol–water partition coefficient (Wildman–Crippen LogP) is 4.09. The zero-order valence-electron chi connectivity index (χ0n) is 46.6. The maximum Gasteiger partial charge on any atom is 0.246 e. The number of rotatable bonds is 14. The van der Waals surface area contributed by atoms with E-state index in [0.717, 1.165) is 11.1 Å². The highest BCUT2D eigenvalue weighted by Crippen LogP contribution is 2.27. The highest BCUT2D eigenvalue weighted by Gasteiger charge is 2.45. The van der Waals surface area contributed by atoms with Crippen LogP contribution in [0.1, 0.15) is 138 Å². The molecule has 0 radical (unpaired) electrons. The predicted molar refractivity (Wildman–Crippen MR) is 291 cm³/mol. The van der Waals surface area contributed by atoms with Gasteiger partial charge in [0.1, 0.15) is 54.4 Å². The molecule has 11 atom stereocenters. The van der Waals surface area contributed by atoms with Crippen LogP contribution in [0.3, 0.4) is 0 Å². The summed E-state index contributed by atoms with van der Waals surface area (Å²) in [6, 6.07) is 8.65. The highest BCUT2D eigenvalue weighted by atomic mass is 16.2. The van der Waals surface area contributed by atoms with Crippen LogP contribution in [0.25, 0.3) is 0 Å². The first-order chi connectivity index (χ1) is 36.1. The van der Waals surface area contributed by atoms with Gasteiger partial charge < -0.3 is 47.0 Å². The second-order valence-corrected chi connectivity index (χ2v) is 22.6. The van der Waals surface area contributed by atoms with Gasteiger partial charge in [-0.3, -0.25) is 43.2 Å². The Morgan fingerprint density at radius 1 is 0.447 bits per heavy atom. The Balaban J connectivity index is 1.60. The minimum Gasteiger partial charge on any atom is -0.343 e. The van der Waals surface area contributed by atoms with Crippen LogP contribution in [-0.4, -0.2) is 130 Å². The van der Waals surface area contributed by atoms with E-state index in [4.69, 9.17) is 0 Å². The summed E-state index contributed by atoms with van der Waals surface area (Å²) in [4.78, 5) is 134. The smallest absolute Gasteiger partial charge is 0.246 e. The number of aryl methyl sites for hydroxylation is 1. The van der Waals surface area contributed by atoms with Crippen LogP contribution < -0.4 is 37.2 Å². The number of hydrogen-bond acceptors (Lipinski definition) is 9. The van der Waals surface area contributed by atoms with Gasteiger partial charge in [-0.25, -0.2) is 0 Å². The molecule has 18 nitrogen and oxygen atoms in total. The SMILES string of the molecule is CC[C@H](C)[C@@H]1NC(=O)[C@H](CC(C)C)NC(=O)[C@H](Cc2ccccc2)NC(=O)[C@H](CCc2ccccc2)NC(=O)[C@@H]2CCCN2C(=O)[C@@H]2CCCN2C(=O)[C@H](C(C)C)NC(=O)[C@H](CC(C)C)NC(=O)[C@H]([C@@H](C)CC)NC1=O. The zero-order valence-corrected chi connectivity index (χ0v) is 46.6. The van der Waals surface area contributed by atoms with E-state index < -0.39 is 125 Å². The second kappa shape index (κ2) is 28.7. The van der Waals surface area contributed by atoms with Gasteiger partial charge in [0.25, 0.3) is 0 Å². The molecule has 0 aromatic heterocycles. The molecule has 18 heteroatoms. The van der Waals surface area contributed by atoms with Crippen molar-refractivity contribution in [1.82, 2.24) is 47.0 Å². The summed E-state index contributed by atoms with van der Waals surface area (Å²) in [5.41, 5.74) is 1.63. The summed E-state index contributed by atoms with van der Waals surface area (Å²) in [5, 5.41) is 20.4. The van der Waals surface area contributed by atoms with Crippen molar-refractivity contribution in [2.75, 3.05) is 13.1 Å². The van der Waals surface area contributed by atoms with Crippen LogP contribution in [0.15, 0.2) is 60.7 Å². The Hall–Kier alpha value is -6.33. The molecule has 0 spiro atoms. The van der Waals surface area contributed by atoms with Crippen molar-refractivity contribution >= 4 is 53.2 Å². The normalized spacial score (nSPS) is 27.1. The summed E-state index contributed by atoms with van der Waals surface area (Å²) in [7, 11) is 0. The standard InChI is InChI=1S/C58H87N9O9/c1-11-37(9)48-55(73)62-43(32-35(5)6)52(70)63-47(36(7)8)58(76)67-30-20-26-46(67)57(75)66-29-19-25-45(66)54(72)59-41(28-27-39-21-15-13-16-22-39)50(68)61-44(33-40-23-17-14-18-24-40)51(69)60-42(31-34(3)4)53(71)64-49(38(10)12-2)56(74)65-48/h13-18,21-24,34-38,41-49H,11-12,19-20,25-33H2,1-10H3,(H,59,72)(H,60,69)(H,61,68)(H,62,73)(H,63,70)(H,64,71)(H,65,74)/t37-,38-,41-,42-,43-,44-,45-,46-,47-,48-,49-/m0/s1. The zero-order chi connectivity index (χ0) is 55.8. The van der Waals surface area contributed by atoms with Gasteiger partial charge in [0.15, 0.2) is 0 Å². The largest absolute Gasteiger partial charge is 0.343 e. The van der Waals surface area contributed by atoms with Crippen molar-refractivity contribution < 1.29 is 43.2 Å². The van der Waals surface area contributed by atoms with Gasteiger partial charge in [0.05, 0.1) is 0 Å². The number of amides is 9. The maximum absolute atomic E-state index is 14.8. The quantitative estimate of drug-likeness (QED) is 0.144. The van der Waals surface area contributed by atoms with Crippen molar-refractivity contribution in [1.29, 1.82) is 0 Å². The summed E-state index contributed by atoms with van der Waals surface area (Å²) < 4.78 is 0. The third-order valence-corrected chi connectivity index (χ3v) is 15.3. The average molecular weight is 1050 g/mol. The summed E-state index contributed by atoms with van der Waals surface area (Å²) in [6.45, 7) is 19.0. The highest BCUT2D eigenvalue weighted by molar-refractivity contribution is 5.99. The Morgan fingerprint density at radius 3 is 1.37 bits per heavy atom. The second-order valence-electron chi connectivity index (χ2n) is 22.6. The first-order valence-electron chi connectivity index (χ1n) is 27.9. The number of nitrogens with one attached hydrogen (secondary N) is 7. The molecule has 5 rings (SSSR count). The number of fused-ring (bicyclic) bond motifs is 2. The molecule has 0 unspecified atom stereocenters. The van der Waals surface area contributed by atoms with E-state index in [2.05, 4.69) is 37.2 Å². The maximum atomic E-state index is 14.8. The van der Waals surface area contributed by atoms with Gasteiger partial charge in [-0.05, 0) is 92.1 Å². The number of carbonyl (C=O) groups is 9. The summed E-state index contributed by atoms with van der Waals surface area (Å²) in [6.07, 6.45) is 3.54. The monoisotopic (exact) mass is 1050 g/mol. The Bertz CT molecular complexity index is 2310. The van der Waals surface area contributed by atoms with Crippen molar-refractivity contribution in [2.24, 2.45) is 29.6 Å².